The van der Waals surface area contributed by atoms with Gasteiger partial charge in [0.05, 0.1) is 12.4 Å². The number of rotatable bonds is 3. The number of halogens is 1. The number of hydrogen-bond donors (Lipinski definition) is 3. The molecule has 0 spiro atoms. The average Bonchev–Trinajstić information content (AvgIpc) is 2.92. The summed E-state index contributed by atoms with van der Waals surface area (Å²) in [6, 6.07) is 5.97. The first-order chi connectivity index (χ1) is 9.63. The molecule has 1 heterocycles. The number of hydrazine groups is 1. The van der Waals surface area contributed by atoms with Crippen molar-refractivity contribution in [1.29, 1.82) is 0 Å². The van der Waals surface area contributed by atoms with Crippen molar-refractivity contribution in [3.63, 3.8) is 0 Å². The monoisotopic (exact) mass is 294 g/mol. The number of benzene rings is 1. The molecule has 0 aliphatic heterocycles. The van der Waals surface area contributed by atoms with E-state index in [1.165, 1.54) is 17.2 Å². The van der Waals surface area contributed by atoms with Crippen molar-refractivity contribution in [2.75, 3.05) is 5.32 Å². The van der Waals surface area contributed by atoms with Gasteiger partial charge in [0.2, 0.25) is 0 Å². The molecule has 0 saturated carbocycles. The van der Waals surface area contributed by atoms with Crippen LogP contribution in [0.1, 0.15) is 0 Å². The van der Waals surface area contributed by atoms with E-state index in [1.807, 2.05) is 0 Å². The number of carbonyl (C=O) groups is 2. The lowest BCUT2D eigenvalue weighted by Gasteiger charge is -2.08. The normalized spacial score (nSPS) is 9.85. The lowest BCUT2D eigenvalue weighted by atomic mass is 10.3. The second-order valence-electron chi connectivity index (χ2n) is 3.69. The lowest BCUT2D eigenvalue weighted by molar-refractivity contribution is -0.122. The number of aromatic nitrogens is 3. The maximum Gasteiger partial charge on any atom is 0.337 e. The first-order valence-corrected chi connectivity index (χ1v) is 5.97. The predicted octanol–water partition coefficient (Wildman–Crippen LogP) is 0.784. The molecule has 20 heavy (non-hydrogen) atoms. The molecule has 2 rings (SSSR count). The number of amides is 3. The Morgan fingerprint density at radius 1 is 1.10 bits per heavy atom. The maximum atomic E-state index is 11.5. The largest absolute Gasteiger partial charge is 0.337 e. The number of carbonyl (C=O) groups excluding carboxylic acids is 2. The van der Waals surface area contributed by atoms with Crippen LogP contribution in [-0.2, 0) is 11.3 Å². The van der Waals surface area contributed by atoms with Gasteiger partial charge < -0.3 is 5.32 Å². The second-order valence-corrected chi connectivity index (χ2v) is 4.13. The number of hydrogen-bond acceptors (Lipinski definition) is 4. The molecule has 3 N–H and O–H groups in total. The highest BCUT2D eigenvalue weighted by Gasteiger charge is 2.06. The van der Waals surface area contributed by atoms with Crippen LogP contribution in [0.4, 0.5) is 10.5 Å². The van der Waals surface area contributed by atoms with E-state index in [9.17, 15) is 9.59 Å². The Hall–Kier alpha value is -2.61. The highest BCUT2D eigenvalue weighted by atomic mass is 35.5. The van der Waals surface area contributed by atoms with E-state index in [2.05, 4.69) is 26.4 Å². The van der Waals surface area contributed by atoms with Gasteiger partial charge in [0.15, 0.2) is 0 Å². The summed E-state index contributed by atoms with van der Waals surface area (Å²) in [4.78, 5) is 24.1. The fourth-order valence-electron chi connectivity index (χ4n) is 1.32. The molecule has 0 bridgehead atoms. The van der Waals surface area contributed by atoms with Gasteiger partial charge in [-0.1, -0.05) is 11.6 Å². The predicted molar refractivity (Wildman–Crippen MR) is 71.8 cm³/mol. The zero-order valence-corrected chi connectivity index (χ0v) is 11.0. The molecule has 2 aromatic rings. The Balaban J connectivity index is 1.74. The van der Waals surface area contributed by atoms with E-state index in [0.717, 1.165) is 0 Å². The van der Waals surface area contributed by atoms with Gasteiger partial charge in [-0.05, 0) is 24.3 Å². The Bertz CT molecular complexity index is 583. The van der Waals surface area contributed by atoms with Crippen LogP contribution in [0.2, 0.25) is 5.02 Å². The molecular weight excluding hydrogens is 284 g/mol. The Kier molecular flexibility index (Phi) is 4.51. The first-order valence-electron chi connectivity index (χ1n) is 5.59. The van der Waals surface area contributed by atoms with E-state index < -0.39 is 11.9 Å². The topological polar surface area (TPSA) is 101 Å². The number of urea groups is 1. The zero-order valence-electron chi connectivity index (χ0n) is 10.2. The van der Waals surface area contributed by atoms with Gasteiger partial charge in [0.1, 0.15) is 6.54 Å². The summed E-state index contributed by atoms with van der Waals surface area (Å²) >= 11 is 5.72. The maximum absolute atomic E-state index is 11.5. The Morgan fingerprint density at radius 2 is 1.75 bits per heavy atom. The van der Waals surface area contributed by atoms with Crippen LogP contribution in [-0.4, -0.2) is 26.9 Å². The zero-order chi connectivity index (χ0) is 14.4. The minimum absolute atomic E-state index is 0.0891. The molecule has 9 heteroatoms. The molecule has 0 unspecified atom stereocenters. The summed E-state index contributed by atoms with van der Waals surface area (Å²) in [5.41, 5.74) is 4.98. The van der Waals surface area contributed by atoms with Gasteiger partial charge in [-0.2, -0.15) is 15.0 Å². The molecule has 0 atom stereocenters. The highest BCUT2D eigenvalue weighted by molar-refractivity contribution is 6.30. The van der Waals surface area contributed by atoms with Crippen molar-refractivity contribution in [3.8, 4) is 0 Å². The van der Waals surface area contributed by atoms with Crippen LogP contribution in [0.15, 0.2) is 36.7 Å². The third-order valence-corrected chi connectivity index (χ3v) is 2.42. The molecule has 0 aliphatic carbocycles. The standard InChI is InChI=1S/C11H11ClN6O2/c12-8-1-3-9(4-2-8)15-11(20)17-16-10(19)7-18-13-5-6-14-18/h1-6H,7H2,(H,16,19)(H2,15,17,20). The SMILES string of the molecule is O=C(Cn1nccn1)NNC(=O)Nc1ccc(Cl)cc1. The van der Waals surface area contributed by atoms with Crippen LogP contribution in [0, 0.1) is 0 Å². The van der Waals surface area contributed by atoms with Gasteiger partial charge in [-0.25, -0.2) is 10.2 Å². The molecule has 3 amide bonds. The lowest BCUT2D eigenvalue weighted by Crippen LogP contribution is -2.45. The quantitative estimate of drug-likeness (QED) is 0.728. The molecule has 1 aromatic carbocycles. The number of anilines is 1. The van der Waals surface area contributed by atoms with Crippen LogP contribution in [0.5, 0.6) is 0 Å². The van der Waals surface area contributed by atoms with Crippen molar-refractivity contribution in [2.45, 2.75) is 6.54 Å². The number of nitrogens with zero attached hydrogens (tertiary/aromatic N) is 3. The molecular formula is C11H11ClN6O2. The fourth-order valence-corrected chi connectivity index (χ4v) is 1.44. The smallest absolute Gasteiger partial charge is 0.307 e. The fraction of sp³-hybridized carbons (Fsp3) is 0.0909. The van der Waals surface area contributed by atoms with E-state index in [0.29, 0.717) is 10.7 Å². The van der Waals surface area contributed by atoms with Crippen molar-refractivity contribution in [3.05, 3.63) is 41.7 Å². The van der Waals surface area contributed by atoms with Crippen molar-refractivity contribution < 1.29 is 9.59 Å². The highest BCUT2D eigenvalue weighted by Crippen LogP contribution is 2.12. The summed E-state index contributed by atoms with van der Waals surface area (Å²) in [6.07, 6.45) is 2.90. The molecule has 0 radical (unpaired) electrons. The molecule has 8 nitrogen and oxygen atoms in total. The van der Waals surface area contributed by atoms with Gasteiger partial charge >= 0.3 is 6.03 Å². The van der Waals surface area contributed by atoms with E-state index in [-0.39, 0.29) is 6.54 Å². The van der Waals surface area contributed by atoms with Gasteiger partial charge in [-0.15, -0.1) is 0 Å². The van der Waals surface area contributed by atoms with E-state index >= 15 is 0 Å². The van der Waals surface area contributed by atoms with Crippen molar-refractivity contribution in [1.82, 2.24) is 25.8 Å². The molecule has 1 aromatic heterocycles. The number of nitrogens with one attached hydrogen (secondary N) is 3. The van der Waals surface area contributed by atoms with Gasteiger partial charge in [0.25, 0.3) is 5.91 Å². The van der Waals surface area contributed by atoms with Crippen molar-refractivity contribution in [2.24, 2.45) is 0 Å². The van der Waals surface area contributed by atoms with Crippen LogP contribution in [0.25, 0.3) is 0 Å². The van der Waals surface area contributed by atoms with Gasteiger partial charge in [0, 0.05) is 10.7 Å². The van der Waals surface area contributed by atoms with E-state index in [4.69, 9.17) is 11.6 Å². The second kappa shape index (κ2) is 6.53. The van der Waals surface area contributed by atoms with E-state index in [1.54, 1.807) is 24.3 Å². The minimum Gasteiger partial charge on any atom is -0.307 e. The molecule has 104 valence electrons. The summed E-state index contributed by atoms with van der Waals surface area (Å²) in [7, 11) is 0. The average molecular weight is 295 g/mol. The molecule has 0 saturated heterocycles. The Morgan fingerprint density at radius 3 is 2.40 bits per heavy atom. The molecule has 0 aliphatic rings. The summed E-state index contributed by atoms with van der Waals surface area (Å²) in [5, 5.41) is 10.6. The van der Waals surface area contributed by atoms with Gasteiger partial charge in [-0.3, -0.25) is 10.2 Å². The third kappa shape index (κ3) is 4.25. The first kappa shape index (κ1) is 13.8. The Labute approximate surface area is 119 Å². The van der Waals surface area contributed by atoms with Crippen LogP contribution in [0.3, 0.4) is 0 Å². The summed E-state index contributed by atoms with van der Waals surface area (Å²) in [5.74, 6) is -0.451. The van der Waals surface area contributed by atoms with Crippen LogP contribution >= 0.6 is 11.6 Å². The molecule has 0 fully saturated rings. The minimum atomic E-state index is -0.575. The third-order valence-electron chi connectivity index (χ3n) is 2.17. The summed E-state index contributed by atoms with van der Waals surface area (Å²) < 4.78 is 0. The summed E-state index contributed by atoms with van der Waals surface area (Å²) in [6.45, 7) is -0.0891. The van der Waals surface area contributed by atoms with Crippen LogP contribution < -0.4 is 16.2 Å². The van der Waals surface area contributed by atoms with Crippen molar-refractivity contribution >= 4 is 29.2 Å².